The van der Waals surface area contributed by atoms with Crippen molar-refractivity contribution in [1.82, 2.24) is 5.01 Å². The molecule has 1 aromatic carbocycles. The molecule has 104 valence electrons. The van der Waals surface area contributed by atoms with E-state index in [0.717, 1.165) is 12.1 Å². The zero-order valence-corrected chi connectivity index (χ0v) is 10.8. The van der Waals surface area contributed by atoms with Gasteiger partial charge in [0.2, 0.25) is 0 Å². The van der Waals surface area contributed by atoms with Gasteiger partial charge in [0, 0.05) is 0 Å². The van der Waals surface area contributed by atoms with Gasteiger partial charge < -0.3 is 5.48 Å². The average Bonchev–Trinajstić information content (AvgIpc) is 3.10. The number of benzene rings is 1. The average molecular weight is 272 g/mol. The number of hydrogen-bond donors (Lipinski definition) is 1. The van der Waals surface area contributed by atoms with Gasteiger partial charge in [0.25, 0.3) is 11.8 Å². The monoisotopic (exact) mass is 272 g/mol. The maximum absolute atomic E-state index is 12.4. The first-order valence-electron chi connectivity index (χ1n) is 6.63. The highest BCUT2D eigenvalue weighted by molar-refractivity contribution is 6.07. The second-order valence-corrected chi connectivity index (χ2v) is 5.49. The molecule has 0 radical (unpaired) electrons. The van der Waals surface area contributed by atoms with E-state index in [2.05, 4.69) is 17.6 Å². The summed E-state index contributed by atoms with van der Waals surface area (Å²) in [5.41, 5.74) is 3.71. The topological polar surface area (TPSA) is 80.9 Å². The first-order chi connectivity index (χ1) is 9.25. The van der Waals surface area contributed by atoms with E-state index < -0.39 is 0 Å². The number of hydrazine groups is 1. The van der Waals surface area contributed by atoms with Gasteiger partial charge in [-0.05, 0) is 30.4 Å². The van der Waals surface area contributed by atoms with E-state index in [-0.39, 0.29) is 41.0 Å². The Hall–Kier alpha value is -2.14. The molecule has 20 heavy (non-hydrogen) atoms. The van der Waals surface area contributed by atoms with Crippen LogP contribution in [0.3, 0.4) is 0 Å². The van der Waals surface area contributed by atoms with E-state index >= 15 is 0 Å². The molecule has 3 N–H and O–H groups in total. The molecule has 3 aliphatic rings. The summed E-state index contributed by atoms with van der Waals surface area (Å²) in [6, 6.07) is 9.35. The third-order valence-corrected chi connectivity index (χ3v) is 4.49. The molecule has 2 amide bonds. The normalized spacial score (nSPS) is 33.3. The minimum atomic E-state index is -0.140. The van der Waals surface area contributed by atoms with Gasteiger partial charge in [-0.25, -0.2) is 0 Å². The molecule has 1 heterocycles. The molecule has 2 bridgehead atoms. The van der Waals surface area contributed by atoms with Crippen LogP contribution in [0.15, 0.2) is 42.5 Å². The summed E-state index contributed by atoms with van der Waals surface area (Å²) in [5.74, 6) is 0.0897. The van der Waals surface area contributed by atoms with Gasteiger partial charge in [-0.1, -0.05) is 30.4 Å². The van der Waals surface area contributed by atoms with E-state index in [4.69, 9.17) is 0 Å². The number of amides is 2. The van der Waals surface area contributed by atoms with E-state index in [1.807, 2.05) is 30.3 Å². The maximum atomic E-state index is 12.4. The minimum absolute atomic E-state index is 0. The first kappa shape index (κ1) is 12.9. The Kier molecular flexibility index (Phi) is 2.87. The van der Waals surface area contributed by atoms with E-state index in [1.54, 1.807) is 0 Å². The molecule has 4 atom stereocenters. The first-order valence-corrected chi connectivity index (χ1v) is 6.63. The standard InChI is InChI=1S/C15H14N2O2.H2O/c18-14-12-9-6-7-10(8-9)13(12)15(19)17(14)16-11-4-2-1-3-5-11;/h1-7,9-10,12-13,16H,8H2;1H2. The van der Waals surface area contributed by atoms with Crippen molar-refractivity contribution in [2.24, 2.45) is 23.7 Å². The molecule has 2 aliphatic carbocycles. The Morgan fingerprint density at radius 2 is 1.50 bits per heavy atom. The fraction of sp³-hybridized carbons (Fsp3) is 0.333. The third kappa shape index (κ3) is 1.59. The molecule has 0 spiro atoms. The lowest BCUT2D eigenvalue weighted by Crippen LogP contribution is -2.37. The SMILES string of the molecule is O.O=C1C2C3C=CC(C3)C2C(=O)N1Nc1ccccc1. The van der Waals surface area contributed by atoms with Gasteiger partial charge >= 0.3 is 0 Å². The predicted octanol–water partition coefficient (Wildman–Crippen LogP) is 0.996. The largest absolute Gasteiger partial charge is 0.412 e. The lowest BCUT2D eigenvalue weighted by Gasteiger charge is -2.19. The Morgan fingerprint density at radius 1 is 0.950 bits per heavy atom. The van der Waals surface area contributed by atoms with E-state index in [9.17, 15) is 9.59 Å². The van der Waals surface area contributed by atoms with Crippen LogP contribution < -0.4 is 5.43 Å². The second-order valence-electron chi connectivity index (χ2n) is 5.49. The van der Waals surface area contributed by atoms with Crippen LogP contribution in [0.2, 0.25) is 0 Å². The van der Waals surface area contributed by atoms with Gasteiger partial charge in [-0.2, -0.15) is 5.01 Å². The number of para-hydroxylation sites is 1. The second kappa shape index (κ2) is 4.45. The summed E-state index contributed by atoms with van der Waals surface area (Å²) in [7, 11) is 0. The molecular formula is C15H16N2O3. The zero-order chi connectivity index (χ0) is 13.0. The number of nitrogens with zero attached hydrogens (tertiary/aromatic N) is 1. The molecule has 1 saturated carbocycles. The Labute approximate surface area is 116 Å². The molecule has 4 unspecified atom stereocenters. The summed E-state index contributed by atoms with van der Waals surface area (Å²) in [6.07, 6.45) is 5.16. The number of anilines is 1. The number of rotatable bonds is 2. The van der Waals surface area contributed by atoms with Crippen LogP contribution in [-0.2, 0) is 9.59 Å². The van der Waals surface area contributed by atoms with Crippen molar-refractivity contribution < 1.29 is 15.1 Å². The van der Waals surface area contributed by atoms with Crippen molar-refractivity contribution in [3.05, 3.63) is 42.5 Å². The summed E-state index contributed by atoms with van der Waals surface area (Å²) in [6.45, 7) is 0. The molecule has 1 aliphatic heterocycles. The van der Waals surface area contributed by atoms with Crippen molar-refractivity contribution in [2.45, 2.75) is 6.42 Å². The van der Waals surface area contributed by atoms with Crippen LogP contribution >= 0.6 is 0 Å². The number of imide groups is 1. The van der Waals surface area contributed by atoms with Gasteiger partial charge in [0.15, 0.2) is 0 Å². The number of carbonyl (C=O) groups excluding carboxylic acids is 2. The molecule has 5 nitrogen and oxygen atoms in total. The van der Waals surface area contributed by atoms with E-state index in [1.165, 1.54) is 5.01 Å². The Bertz CT molecular complexity index is 554. The van der Waals surface area contributed by atoms with E-state index in [0.29, 0.717) is 0 Å². The van der Waals surface area contributed by atoms with Crippen LogP contribution in [0.5, 0.6) is 0 Å². The van der Waals surface area contributed by atoms with Gasteiger partial charge in [-0.15, -0.1) is 0 Å². The third-order valence-electron chi connectivity index (χ3n) is 4.49. The Morgan fingerprint density at radius 3 is 2.05 bits per heavy atom. The zero-order valence-electron chi connectivity index (χ0n) is 10.8. The molecule has 1 aromatic rings. The van der Waals surface area contributed by atoms with Gasteiger partial charge in [0.1, 0.15) is 0 Å². The lowest BCUT2D eigenvalue weighted by atomic mass is 9.85. The number of allylic oxidation sites excluding steroid dienone is 2. The maximum Gasteiger partial charge on any atom is 0.252 e. The predicted molar refractivity (Wildman–Crippen MR) is 73.2 cm³/mol. The quantitative estimate of drug-likeness (QED) is 0.644. The van der Waals surface area contributed by atoms with Crippen LogP contribution in [-0.4, -0.2) is 22.3 Å². The minimum Gasteiger partial charge on any atom is -0.412 e. The van der Waals surface area contributed by atoms with Gasteiger partial charge in [-0.3, -0.25) is 15.0 Å². The molecule has 5 heteroatoms. The summed E-state index contributed by atoms with van der Waals surface area (Å²) in [4.78, 5) is 24.8. The number of carbonyl (C=O) groups is 2. The van der Waals surface area contributed by atoms with Gasteiger partial charge in [0.05, 0.1) is 17.5 Å². The Balaban J connectivity index is 0.00000121. The molecule has 1 saturated heterocycles. The molecule has 2 fully saturated rings. The molecule has 4 rings (SSSR count). The number of nitrogens with one attached hydrogen (secondary N) is 1. The fourth-order valence-electron chi connectivity index (χ4n) is 3.65. The van der Waals surface area contributed by atoms with Crippen LogP contribution in [0, 0.1) is 23.7 Å². The van der Waals surface area contributed by atoms with Crippen LogP contribution in [0.25, 0.3) is 0 Å². The van der Waals surface area contributed by atoms with Crippen molar-refractivity contribution in [3.63, 3.8) is 0 Å². The highest BCUT2D eigenvalue weighted by Gasteiger charge is 2.59. The van der Waals surface area contributed by atoms with Crippen molar-refractivity contribution >= 4 is 17.5 Å². The molecular weight excluding hydrogens is 256 g/mol. The number of fused-ring (bicyclic) bond motifs is 5. The van der Waals surface area contributed by atoms with Crippen molar-refractivity contribution in [1.29, 1.82) is 0 Å². The highest BCUT2D eigenvalue weighted by atomic mass is 16.2. The smallest absolute Gasteiger partial charge is 0.252 e. The fourth-order valence-corrected chi connectivity index (χ4v) is 3.65. The van der Waals surface area contributed by atoms with Crippen LogP contribution in [0.1, 0.15) is 6.42 Å². The van der Waals surface area contributed by atoms with Crippen molar-refractivity contribution in [2.75, 3.05) is 5.43 Å². The lowest BCUT2D eigenvalue weighted by molar-refractivity contribution is -0.139. The highest BCUT2D eigenvalue weighted by Crippen LogP contribution is 2.52. The van der Waals surface area contributed by atoms with Crippen molar-refractivity contribution in [3.8, 4) is 0 Å². The number of hydrogen-bond acceptors (Lipinski definition) is 3. The summed E-state index contributed by atoms with van der Waals surface area (Å²) < 4.78 is 0. The molecule has 0 aromatic heterocycles. The van der Waals surface area contributed by atoms with Crippen LogP contribution in [0.4, 0.5) is 5.69 Å². The summed E-state index contributed by atoms with van der Waals surface area (Å²) >= 11 is 0. The summed E-state index contributed by atoms with van der Waals surface area (Å²) in [5, 5.41) is 1.22.